The fraction of sp³-hybridized carbons (Fsp3) is 0.647. The largest absolute Gasteiger partial charge is 0.494 e. The third-order valence-corrected chi connectivity index (χ3v) is 3.06. The Bertz CT molecular complexity index is 349. The Labute approximate surface area is 123 Å². The lowest BCUT2D eigenvalue weighted by Crippen LogP contribution is -2.21. The van der Waals surface area contributed by atoms with Gasteiger partial charge in [-0.3, -0.25) is 0 Å². The summed E-state index contributed by atoms with van der Waals surface area (Å²) < 4.78 is 11.0. The zero-order valence-electron chi connectivity index (χ0n) is 13.3. The molecule has 1 aromatic rings. The molecule has 0 bridgehead atoms. The molecule has 0 spiro atoms. The molecule has 0 saturated carbocycles. The summed E-state index contributed by atoms with van der Waals surface area (Å²) in [7, 11) is 0. The Morgan fingerprint density at radius 2 is 1.80 bits per heavy atom. The molecule has 114 valence electrons. The summed E-state index contributed by atoms with van der Waals surface area (Å²) in [5.74, 6) is 1.55. The quantitative estimate of drug-likeness (QED) is 0.661. The minimum atomic E-state index is 0.357. The number of hydrogen-bond acceptors (Lipinski definition) is 3. The van der Waals surface area contributed by atoms with E-state index in [2.05, 4.69) is 38.2 Å². The average molecular weight is 279 g/mol. The number of rotatable bonds is 10. The maximum absolute atomic E-state index is 5.57. The van der Waals surface area contributed by atoms with E-state index in [0.717, 1.165) is 31.9 Å². The van der Waals surface area contributed by atoms with Crippen LogP contribution in [0.1, 0.15) is 45.7 Å². The number of nitrogens with one attached hydrogen (secondary N) is 1. The van der Waals surface area contributed by atoms with E-state index in [-0.39, 0.29) is 0 Å². The SMILES string of the molecule is CCOc1ccc(C(C)NCCCOCC(C)C)cc1. The molecule has 1 N–H and O–H groups in total. The lowest BCUT2D eigenvalue weighted by Gasteiger charge is -2.15. The lowest BCUT2D eigenvalue weighted by molar-refractivity contribution is 0.107. The Hall–Kier alpha value is -1.06. The van der Waals surface area contributed by atoms with Gasteiger partial charge in [0.15, 0.2) is 0 Å². The van der Waals surface area contributed by atoms with Crippen molar-refractivity contribution in [3.05, 3.63) is 29.8 Å². The molecule has 0 aliphatic rings. The highest BCUT2D eigenvalue weighted by Gasteiger charge is 2.04. The van der Waals surface area contributed by atoms with Crippen molar-refractivity contribution in [2.24, 2.45) is 5.92 Å². The zero-order valence-corrected chi connectivity index (χ0v) is 13.3. The van der Waals surface area contributed by atoms with E-state index in [9.17, 15) is 0 Å². The van der Waals surface area contributed by atoms with Gasteiger partial charge in [-0.15, -0.1) is 0 Å². The second-order valence-electron chi connectivity index (χ2n) is 5.50. The van der Waals surface area contributed by atoms with Gasteiger partial charge < -0.3 is 14.8 Å². The van der Waals surface area contributed by atoms with Crippen LogP contribution < -0.4 is 10.1 Å². The molecule has 1 rings (SSSR count). The Morgan fingerprint density at radius 1 is 1.10 bits per heavy atom. The number of benzene rings is 1. The predicted octanol–water partition coefficient (Wildman–Crippen LogP) is 3.80. The van der Waals surface area contributed by atoms with Crippen LogP contribution in [0.5, 0.6) is 5.75 Å². The molecule has 3 nitrogen and oxygen atoms in total. The summed E-state index contributed by atoms with van der Waals surface area (Å²) in [6.45, 7) is 11.9. The second kappa shape index (κ2) is 9.78. The average Bonchev–Trinajstić information content (AvgIpc) is 2.43. The molecular formula is C17H29NO2. The van der Waals surface area contributed by atoms with Gasteiger partial charge in [0.2, 0.25) is 0 Å². The highest BCUT2D eigenvalue weighted by molar-refractivity contribution is 5.28. The van der Waals surface area contributed by atoms with Gasteiger partial charge >= 0.3 is 0 Å². The Balaban J connectivity index is 2.20. The standard InChI is InChI=1S/C17H29NO2/c1-5-20-17-9-7-16(8-10-17)15(4)18-11-6-12-19-13-14(2)3/h7-10,14-15,18H,5-6,11-13H2,1-4H3. The van der Waals surface area contributed by atoms with Crippen LogP contribution in [-0.2, 0) is 4.74 Å². The Morgan fingerprint density at radius 3 is 2.40 bits per heavy atom. The molecule has 1 unspecified atom stereocenters. The predicted molar refractivity (Wildman–Crippen MR) is 84.3 cm³/mol. The topological polar surface area (TPSA) is 30.5 Å². The van der Waals surface area contributed by atoms with E-state index >= 15 is 0 Å². The van der Waals surface area contributed by atoms with Gasteiger partial charge in [0.25, 0.3) is 0 Å². The van der Waals surface area contributed by atoms with Gasteiger partial charge in [0, 0.05) is 19.3 Å². The molecule has 0 aliphatic heterocycles. The van der Waals surface area contributed by atoms with E-state index in [1.807, 2.05) is 19.1 Å². The lowest BCUT2D eigenvalue weighted by atomic mass is 10.1. The summed E-state index contributed by atoms with van der Waals surface area (Å²) in [4.78, 5) is 0. The van der Waals surface area contributed by atoms with Crippen molar-refractivity contribution < 1.29 is 9.47 Å². The molecule has 0 aromatic heterocycles. The highest BCUT2D eigenvalue weighted by atomic mass is 16.5. The van der Waals surface area contributed by atoms with Gasteiger partial charge in [-0.05, 0) is 50.4 Å². The first kappa shape index (κ1) is 17.0. The molecular weight excluding hydrogens is 250 g/mol. The fourth-order valence-corrected chi connectivity index (χ4v) is 1.95. The van der Waals surface area contributed by atoms with Crippen LogP contribution in [0.4, 0.5) is 0 Å². The van der Waals surface area contributed by atoms with Crippen LogP contribution in [0.25, 0.3) is 0 Å². The first-order valence-corrected chi connectivity index (χ1v) is 7.67. The molecule has 3 heteroatoms. The van der Waals surface area contributed by atoms with Gasteiger partial charge in [-0.25, -0.2) is 0 Å². The third kappa shape index (κ3) is 6.92. The van der Waals surface area contributed by atoms with Crippen LogP contribution in [0, 0.1) is 5.92 Å². The summed E-state index contributed by atoms with van der Waals surface area (Å²) in [5.41, 5.74) is 1.29. The van der Waals surface area contributed by atoms with E-state index in [4.69, 9.17) is 9.47 Å². The van der Waals surface area contributed by atoms with Crippen LogP contribution in [0.3, 0.4) is 0 Å². The molecule has 1 atom stereocenters. The first-order chi connectivity index (χ1) is 9.63. The van der Waals surface area contributed by atoms with E-state index in [0.29, 0.717) is 18.6 Å². The molecule has 0 aliphatic carbocycles. The smallest absolute Gasteiger partial charge is 0.119 e. The Kier molecular flexibility index (Phi) is 8.31. The van der Waals surface area contributed by atoms with Crippen molar-refractivity contribution in [2.45, 2.75) is 40.2 Å². The van der Waals surface area contributed by atoms with E-state index in [1.165, 1.54) is 5.56 Å². The van der Waals surface area contributed by atoms with Crippen molar-refractivity contribution in [2.75, 3.05) is 26.4 Å². The molecule has 0 radical (unpaired) electrons. The van der Waals surface area contributed by atoms with Crippen molar-refractivity contribution in [1.82, 2.24) is 5.32 Å². The highest BCUT2D eigenvalue weighted by Crippen LogP contribution is 2.17. The monoisotopic (exact) mass is 279 g/mol. The molecule has 0 amide bonds. The van der Waals surface area contributed by atoms with Crippen molar-refractivity contribution in [3.8, 4) is 5.75 Å². The van der Waals surface area contributed by atoms with Crippen molar-refractivity contribution in [3.63, 3.8) is 0 Å². The maximum atomic E-state index is 5.57. The van der Waals surface area contributed by atoms with Gasteiger partial charge in [0.1, 0.15) is 5.75 Å². The summed E-state index contributed by atoms with van der Waals surface area (Å²) in [6, 6.07) is 8.66. The summed E-state index contributed by atoms with van der Waals surface area (Å²) >= 11 is 0. The third-order valence-electron chi connectivity index (χ3n) is 3.06. The van der Waals surface area contributed by atoms with Crippen LogP contribution in [0.2, 0.25) is 0 Å². The van der Waals surface area contributed by atoms with Gasteiger partial charge in [0.05, 0.1) is 6.61 Å². The molecule has 0 saturated heterocycles. The van der Waals surface area contributed by atoms with E-state index in [1.54, 1.807) is 0 Å². The zero-order chi connectivity index (χ0) is 14.8. The van der Waals surface area contributed by atoms with Gasteiger partial charge in [-0.1, -0.05) is 26.0 Å². The molecule has 1 aromatic carbocycles. The molecule has 0 heterocycles. The van der Waals surface area contributed by atoms with Crippen LogP contribution in [-0.4, -0.2) is 26.4 Å². The molecule has 20 heavy (non-hydrogen) atoms. The van der Waals surface area contributed by atoms with Crippen LogP contribution in [0.15, 0.2) is 24.3 Å². The summed E-state index contributed by atoms with van der Waals surface area (Å²) in [6.07, 6.45) is 1.05. The minimum absolute atomic E-state index is 0.357. The fourth-order valence-electron chi connectivity index (χ4n) is 1.95. The number of hydrogen-bond donors (Lipinski definition) is 1. The summed E-state index contributed by atoms with van der Waals surface area (Å²) in [5, 5.41) is 3.52. The first-order valence-electron chi connectivity index (χ1n) is 7.67. The maximum Gasteiger partial charge on any atom is 0.119 e. The van der Waals surface area contributed by atoms with Crippen molar-refractivity contribution >= 4 is 0 Å². The van der Waals surface area contributed by atoms with Crippen molar-refractivity contribution in [1.29, 1.82) is 0 Å². The molecule has 0 fully saturated rings. The van der Waals surface area contributed by atoms with E-state index < -0.39 is 0 Å². The minimum Gasteiger partial charge on any atom is -0.494 e. The van der Waals surface area contributed by atoms with Gasteiger partial charge in [-0.2, -0.15) is 0 Å². The number of ether oxygens (including phenoxy) is 2. The van der Waals surface area contributed by atoms with Crippen LogP contribution >= 0.6 is 0 Å². The second-order valence-corrected chi connectivity index (χ2v) is 5.50. The normalized spacial score (nSPS) is 12.7.